The van der Waals surface area contributed by atoms with Gasteiger partial charge >= 0.3 is 6.03 Å². The monoisotopic (exact) mass is 284 g/mol. The zero-order valence-electron chi connectivity index (χ0n) is 12.2. The summed E-state index contributed by atoms with van der Waals surface area (Å²) in [6, 6.07) is 9.58. The van der Waals surface area contributed by atoms with E-state index in [4.69, 9.17) is 0 Å². The van der Waals surface area contributed by atoms with E-state index in [-0.39, 0.29) is 6.03 Å². The number of aryl methyl sites for hydroxylation is 1. The number of urea groups is 1. The molecule has 2 amide bonds. The Morgan fingerprint density at radius 1 is 1.24 bits per heavy atom. The van der Waals surface area contributed by atoms with E-state index in [1.807, 2.05) is 54.8 Å². The molecule has 2 aromatic rings. The van der Waals surface area contributed by atoms with Crippen molar-refractivity contribution in [3.8, 4) is 0 Å². The van der Waals surface area contributed by atoms with E-state index < -0.39 is 0 Å². The molecular formula is C16H20N4O. The lowest BCUT2D eigenvalue weighted by atomic mass is 9.94. The van der Waals surface area contributed by atoms with Gasteiger partial charge in [-0.05, 0) is 25.0 Å². The van der Waals surface area contributed by atoms with Crippen LogP contribution in [0.2, 0.25) is 0 Å². The number of carbonyl (C=O) groups is 1. The molecule has 0 bridgehead atoms. The third-order valence-electron chi connectivity index (χ3n) is 4.08. The van der Waals surface area contributed by atoms with E-state index in [0.29, 0.717) is 5.92 Å². The van der Waals surface area contributed by atoms with Gasteiger partial charge in [-0.1, -0.05) is 18.2 Å². The van der Waals surface area contributed by atoms with Gasteiger partial charge in [0.1, 0.15) is 0 Å². The van der Waals surface area contributed by atoms with Crippen LogP contribution >= 0.6 is 0 Å². The van der Waals surface area contributed by atoms with Crippen LogP contribution in [0.15, 0.2) is 42.9 Å². The van der Waals surface area contributed by atoms with Gasteiger partial charge in [-0.15, -0.1) is 0 Å². The van der Waals surface area contributed by atoms with Gasteiger partial charge in [-0.25, -0.2) is 9.78 Å². The largest absolute Gasteiger partial charge is 0.337 e. The summed E-state index contributed by atoms with van der Waals surface area (Å²) in [6.45, 7) is 1.57. The van der Waals surface area contributed by atoms with Gasteiger partial charge in [-0.2, -0.15) is 0 Å². The van der Waals surface area contributed by atoms with E-state index in [1.165, 1.54) is 5.69 Å². The highest BCUT2D eigenvalue weighted by Crippen LogP contribution is 2.27. The molecule has 1 saturated heterocycles. The van der Waals surface area contributed by atoms with Crippen LogP contribution in [0.3, 0.4) is 0 Å². The number of likely N-dealkylation sites (tertiary alicyclic amines) is 1. The van der Waals surface area contributed by atoms with Crippen LogP contribution in [-0.4, -0.2) is 33.6 Å². The number of imidazole rings is 1. The lowest BCUT2D eigenvalue weighted by Crippen LogP contribution is -2.40. The number of hydrogen-bond donors (Lipinski definition) is 1. The first-order valence-electron chi connectivity index (χ1n) is 7.31. The number of aromatic nitrogens is 2. The van der Waals surface area contributed by atoms with E-state index in [1.54, 1.807) is 0 Å². The average Bonchev–Trinajstić information content (AvgIpc) is 2.94. The smallest absolute Gasteiger partial charge is 0.321 e. The summed E-state index contributed by atoms with van der Waals surface area (Å²) in [5.74, 6) is 0.498. The number of amides is 2. The van der Waals surface area contributed by atoms with Crippen molar-refractivity contribution in [2.24, 2.45) is 7.05 Å². The van der Waals surface area contributed by atoms with E-state index in [0.717, 1.165) is 31.6 Å². The fourth-order valence-electron chi connectivity index (χ4n) is 2.86. The number of benzene rings is 1. The quantitative estimate of drug-likeness (QED) is 0.922. The zero-order valence-corrected chi connectivity index (χ0v) is 12.2. The molecule has 0 radical (unpaired) electrons. The molecule has 1 N–H and O–H groups in total. The summed E-state index contributed by atoms with van der Waals surface area (Å²) < 4.78 is 2.07. The molecule has 1 aromatic heterocycles. The summed E-state index contributed by atoms with van der Waals surface area (Å²) in [5.41, 5.74) is 2.11. The molecule has 3 rings (SSSR count). The summed E-state index contributed by atoms with van der Waals surface area (Å²) in [6.07, 6.45) is 5.75. The first-order chi connectivity index (χ1) is 10.2. The number of piperidine rings is 1. The van der Waals surface area contributed by atoms with Crippen molar-refractivity contribution >= 4 is 11.7 Å². The molecule has 0 saturated carbocycles. The fraction of sp³-hybridized carbons (Fsp3) is 0.375. The Morgan fingerprint density at radius 2 is 1.95 bits per heavy atom. The van der Waals surface area contributed by atoms with Crippen molar-refractivity contribution in [2.45, 2.75) is 18.8 Å². The number of nitrogens with zero attached hydrogens (tertiary/aromatic N) is 3. The Bertz CT molecular complexity index is 600. The minimum absolute atomic E-state index is 0.00958. The Morgan fingerprint density at radius 3 is 2.57 bits per heavy atom. The molecule has 0 unspecified atom stereocenters. The Kier molecular flexibility index (Phi) is 3.90. The third-order valence-corrected chi connectivity index (χ3v) is 4.08. The van der Waals surface area contributed by atoms with Crippen molar-refractivity contribution in [3.63, 3.8) is 0 Å². The van der Waals surface area contributed by atoms with Crippen molar-refractivity contribution < 1.29 is 4.79 Å². The van der Waals surface area contributed by atoms with Crippen LogP contribution in [0.4, 0.5) is 10.5 Å². The first-order valence-corrected chi connectivity index (χ1v) is 7.31. The van der Waals surface area contributed by atoms with E-state index in [2.05, 4.69) is 14.9 Å². The number of anilines is 1. The highest BCUT2D eigenvalue weighted by Gasteiger charge is 2.25. The van der Waals surface area contributed by atoms with Crippen LogP contribution < -0.4 is 5.32 Å². The fourth-order valence-corrected chi connectivity index (χ4v) is 2.86. The SMILES string of the molecule is Cn1cncc1C1CCN(C(=O)Nc2ccccc2)CC1. The summed E-state index contributed by atoms with van der Waals surface area (Å²) >= 11 is 0. The average molecular weight is 284 g/mol. The molecule has 0 spiro atoms. The number of rotatable bonds is 2. The van der Waals surface area contributed by atoms with Gasteiger partial charge in [0.15, 0.2) is 0 Å². The molecule has 0 atom stereocenters. The predicted octanol–water partition coefficient (Wildman–Crippen LogP) is 2.83. The Balaban J connectivity index is 1.56. The van der Waals surface area contributed by atoms with Gasteiger partial charge in [0.05, 0.1) is 6.33 Å². The van der Waals surface area contributed by atoms with Crippen LogP contribution in [0.1, 0.15) is 24.5 Å². The van der Waals surface area contributed by atoms with Crippen LogP contribution in [-0.2, 0) is 7.05 Å². The molecule has 110 valence electrons. The summed E-state index contributed by atoms with van der Waals surface area (Å²) in [5, 5.41) is 2.94. The molecular weight excluding hydrogens is 264 g/mol. The highest BCUT2D eigenvalue weighted by atomic mass is 16.2. The van der Waals surface area contributed by atoms with Gasteiger partial charge in [0.25, 0.3) is 0 Å². The van der Waals surface area contributed by atoms with Crippen LogP contribution in [0.25, 0.3) is 0 Å². The zero-order chi connectivity index (χ0) is 14.7. The summed E-state index contributed by atoms with van der Waals surface area (Å²) in [7, 11) is 2.02. The number of nitrogens with one attached hydrogen (secondary N) is 1. The minimum atomic E-state index is -0.00958. The number of para-hydroxylation sites is 1. The molecule has 5 nitrogen and oxygen atoms in total. The van der Waals surface area contributed by atoms with Gasteiger partial charge < -0.3 is 14.8 Å². The molecule has 1 aromatic carbocycles. The first kappa shape index (κ1) is 13.7. The minimum Gasteiger partial charge on any atom is -0.337 e. The van der Waals surface area contributed by atoms with Crippen molar-refractivity contribution in [1.29, 1.82) is 0 Å². The molecule has 1 fully saturated rings. The summed E-state index contributed by atoms with van der Waals surface area (Å²) in [4.78, 5) is 18.3. The van der Waals surface area contributed by atoms with E-state index in [9.17, 15) is 4.79 Å². The molecule has 2 heterocycles. The van der Waals surface area contributed by atoms with Crippen LogP contribution in [0.5, 0.6) is 0 Å². The predicted molar refractivity (Wildman–Crippen MR) is 82.2 cm³/mol. The molecule has 1 aliphatic heterocycles. The second-order valence-electron chi connectivity index (χ2n) is 5.49. The second-order valence-corrected chi connectivity index (χ2v) is 5.49. The Labute approximate surface area is 124 Å². The molecule has 0 aliphatic carbocycles. The highest BCUT2D eigenvalue weighted by molar-refractivity contribution is 5.89. The standard InChI is InChI=1S/C16H20N4O/c1-19-12-17-11-15(19)13-7-9-20(10-8-13)16(21)18-14-5-3-2-4-6-14/h2-6,11-13H,7-10H2,1H3,(H,18,21). The lowest BCUT2D eigenvalue weighted by molar-refractivity contribution is 0.193. The Hall–Kier alpha value is -2.30. The number of carbonyl (C=O) groups excluding carboxylic acids is 1. The maximum absolute atomic E-state index is 12.2. The maximum atomic E-state index is 12.2. The second kappa shape index (κ2) is 5.99. The number of hydrogen-bond acceptors (Lipinski definition) is 2. The molecule has 21 heavy (non-hydrogen) atoms. The van der Waals surface area contributed by atoms with Crippen molar-refractivity contribution in [1.82, 2.24) is 14.5 Å². The van der Waals surface area contributed by atoms with Gasteiger partial charge in [0, 0.05) is 43.6 Å². The maximum Gasteiger partial charge on any atom is 0.321 e. The molecule has 1 aliphatic rings. The van der Waals surface area contributed by atoms with Gasteiger partial charge in [-0.3, -0.25) is 0 Å². The van der Waals surface area contributed by atoms with Gasteiger partial charge in [0.2, 0.25) is 0 Å². The molecule has 5 heteroatoms. The normalized spacial score (nSPS) is 16.0. The third kappa shape index (κ3) is 3.07. The van der Waals surface area contributed by atoms with Crippen molar-refractivity contribution in [2.75, 3.05) is 18.4 Å². The van der Waals surface area contributed by atoms with Crippen molar-refractivity contribution in [3.05, 3.63) is 48.5 Å². The topological polar surface area (TPSA) is 50.2 Å². The van der Waals surface area contributed by atoms with E-state index >= 15 is 0 Å². The van der Waals surface area contributed by atoms with Crippen LogP contribution in [0, 0.1) is 0 Å². The lowest BCUT2D eigenvalue weighted by Gasteiger charge is -2.32.